The number of rotatable bonds is 12. The lowest BCUT2D eigenvalue weighted by Gasteiger charge is -2.04. The number of ether oxygens (including phenoxy) is 1. The van der Waals surface area contributed by atoms with E-state index in [2.05, 4.69) is 18.1 Å². The molecule has 1 aromatic rings. The molecule has 127 valence electrons. The zero-order chi connectivity index (χ0) is 16.8. The van der Waals surface area contributed by atoms with Gasteiger partial charge in [0, 0.05) is 10.6 Å². The zero-order valence-electron chi connectivity index (χ0n) is 13.7. The molecule has 0 aliphatic heterocycles. The van der Waals surface area contributed by atoms with E-state index in [0.717, 1.165) is 18.4 Å². The average molecular weight is 339 g/mol. The highest BCUT2D eigenvalue weighted by molar-refractivity contribution is 6.33. The summed E-state index contributed by atoms with van der Waals surface area (Å²) in [7, 11) is 0. The fourth-order valence-electron chi connectivity index (χ4n) is 1.94. The first-order chi connectivity index (χ1) is 11.2. The minimum atomic E-state index is -0.250. The number of hydrogen-bond donors (Lipinski definition) is 0. The topological polar surface area (TPSA) is 47.9 Å². The Balaban J connectivity index is 2.01. The van der Waals surface area contributed by atoms with Crippen molar-refractivity contribution < 1.29 is 14.4 Å². The highest BCUT2D eigenvalue weighted by atomic mass is 35.5. The lowest BCUT2D eigenvalue weighted by Crippen LogP contribution is -2.08. The number of halogens is 1. The molecule has 23 heavy (non-hydrogen) atoms. The van der Waals surface area contributed by atoms with Crippen molar-refractivity contribution in [3.05, 3.63) is 34.9 Å². The highest BCUT2D eigenvalue weighted by Gasteiger charge is 2.02. The summed E-state index contributed by atoms with van der Waals surface area (Å²) in [5.74, 6) is -0.250. The van der Waals surface area contributed by atoms with Crippen LogP contribution in [-0.4, -0.2) is 25.4 Å². The summed E-state index contributed by atoms with van der Waals surface area (Å²) in [6.45, 7) is 2.88. The molecule has 0 fully saturated rings. The summed E-state index contributed by atoms with van der Waals surface area (Å²) in [5.41, 5.74) is 0.722. The van der Waals surface area contributed by atoms with Gasteiger partial charge in [0.1, 0.15) is 6.61 Å². The molecule has 1 radical (unpaired) electrons. The van der Waals surface area contributed by atoms with Crippen molar-refractivity contribution in [3.63, 3.8) is 0 Å². The van der Waals surface area contributed by atoms with Crippen LogP contribution in [-0.2, 0) is 14.4 Å². The fourth-order valence-corrected chi connectivity index (χ4v) is 2.11. The van der Waals surface area contributed by atoms with Crippen molar-refractivity contribution in [1.29, 1.82) is 0 Å². The Bertz CT molecular complexity index is 477. The van der Waals surface area contributed by atoms with Crippen LogP contribution < -0.4 is 0 Å². The molecular weight excluding hydrogens is 314 g/mol. The molecule has 0 atom stereocenters. The van der Waals surface area contributed by atoms with E-state index in [1.807, 2.05) is 0 Å². The molecule has 0 aromatic heterocycles. The Hall–Kier alpha value is -1.55. The summed E-state index contributed by atoms with van der Waals surface area (Å²) in [6, 6.07) is 8.06. The number of unbranched alkanes of at least 4 members (excludes halogenated alkanes) is 5. The Morgan fingerprint density at radius 2 is 2.04 bits per heavy atom. The molecule has 1 aromatic carbocycles. The van der Waals surface area contributed by atoms with E-state index in [1.54, 1.807) is 18.2 Å². The Labute approximate surface area is 143 Å². The van der Waals surface area contributed by atoms with Gasteiger partial charge in [-0.25, -0.2) is 0 Å². The predicted molar refractivity (Wildman–Crippen MR) is 92.8 cm³/mol. The van der Waals surface area contributed by atoms with Gasteiger partial charge >= 0.3 is 5.97 Å². The third-order valence-corrected chi connectivity index (χ3v) is 3.61. The third-order valence-electron chi connectivity index (χ3n) is 3.27. The summed E-state index contributed by atoms with van der Waals surface area (Å²) < 4.78 is 5.14. The van der Waals surface area contributed by atoms with Gasteiger partial charge in [0.2, 0.25) is 0 Å². The van der Waals surface area contributed by atoms with Gasteiger partial charge in [-0.3, -0.25) is 4.79 Å². The van der Waals surface area contributed by atoms with Crippen LogP contribution in [0.3, 0.4) is 0 Å². The van der Waals surface area contributed by atoms with Gasteiger partial charge in [-0.1, -0.05) is 61.9 Å². The molecule has 0 spiro atoms. The molecule has 0 aliphatic carbocycles. The molecule has 0 aliphatic rings. The summed E-state index contributed by atoms with van der Waals surface area (Å²) in [6.07, 6.45) is 8.74. The summed E-state index contributed by atoms with van der Waals surface area (Å²) in [4.78, 5) is 16.5. The molecule has 0 bridgehead atoms. The molecule has 0 unspecified atom stereocenters. The lowest BCUT2D eigenvalue weighted by atomic mass is 10.1. The predicted octanol–water partition coefficient (Wildman–Crippen LogP) is 4.78. The molecule has 0 saturated heterocycles. The van der Waals surface area contributed by atoms with E-state index in [4.69, 9.17) is 21.2 Å². The van der Waals surface area contributed by atoms with Crippen molar-refractivity contribution in [2.24, 2.45) is 5.16 Å². The molecule has 0 heterocycles. The minimum Gasteiger partial charge on any atom is -0.466 e. The van der Waals surface area contributed by atoms with Crippen LogP contribution in [0.5, 0.6) is 0 Å². The van der Waals surface area contributed by atoms with Crippen molar-refractivity contribution in [1.82, 2.24) is 0 Å². The first kappa shape index (κ1) is 19.5. The number of hydrogen-bond acceptors (Lipinski definition) is 4. The second-order valence-electron chi connectivity index (χ2n) is 5.25. The maximum atomic E-state index is 11.5. The smallest absolute Gasteiger partial charge is 0.309 e. The van der Waals surface area contributed by atoms with E-state index >= 15 is 0 Å². The molecular formula is C18H25ClNO3. The second kappa shape index (κ2) is 12.9. The molecule has 5 heteroatoms. The molecule has 0 saturated carbocycles. The number of oxime groups is 1. The number of benzene rings is 1. The van der Waals surface area contributed by atoms with Crippen LogP contribution in [0.1, 0.15) is 57.4 Å². The Morgan fingerprint density at radius 1 is 1.26 bits per heavy atom. The first-order valence-corrected chi connectivity index (χ1v) is 8.58. The quantitative estimate of drug-likeness (QED) is 0.238. The van der Waals surface area contributed by atoms with E-state index in [0.29, 0.717) is 11.6 Å². The molecule has 1 rings (SSSR count). The van der Waals surface area contributed by atoms with Crippen LogP contribution in [0, 0.1) is 6.07 Å². The van der Waals surface area contributed by atoms with Crippen molar-refractivity contribution in [3.8, 4) is 0 Å². The van der Waals surface area contributed by atoms with Gasteiger partial charge in [0.05, 0.1) is 19.2 Å². The van der Waals surface area contributed by atoms with Gasteiger partial charge in [-0.15, -0.1) is 0 Å². The van der Waals surface area contributed by atoms with Gasteiger partial charge in [0.25, 0.3) is 0 Å². The van der Waals surface area contributed by atoms with Crippen molar-refractivity contribution in [2.45, 2.75) is 51.9 Å². The fraction of sp³-hybridized carbons (Fsp3) is 0.556. The maximum absolute atomic E-state index is 11.5. The van der Waals surface area contributed by atoms with Crippen molar-refractivity contribution in [2.75, 3.05) is 13.2 Å². The molecule has 0 N–H and O–H groups in total. The maximum Gasteiger partial charge on any atom is 0.309 e. The number of carbonyl (C=O) groups is 1. The second-order valence-corrected chi connectivity index (χ2v) is 5.66. The normalized spacial score (nSPS) is 10.9. The molecule has 4 nitrogen and oxygen atoms in total. The van der Waals surface area contributed by atoms with Crippen LogP contribution in [0.25, 0.3) is 0 Å². The SMILES string of the molecule is CCCCCCCCOC(=O)CCO/N=C/c1c[c]ccc1Cl. The van der Waals surface area contributed by atoms with Gasteiger partial charge in [-0.05, 0) is 24.6 Å². The van der Waals surface area contributed by atoms with Crippen molar-refractivity contribution >= 4 is 23.8 Å². The monoisotopic (exact) mass is 338 g/mol. The summed E-state index contributed by atoms with van der Waals surface area (Å²) >= 11 is 5.96. The third kappa shape index (κ3) is 9.95. The van der Waals surface area contributed by atoms with Crippen LogP contribution in [0.15, 0.2) is 23.4 Å². The molecule has 0 amide bonds. The average Bonchev–Trinajstić information content (AvgIpc) is 2.55. The highest BCUT2D eigenvalue weighted by Crippen LogP contribution is 2.12. The van der Waals surface area contributed by atoms with Gasteiger partial charge in [-0.2, -0.15) is 0 Å². The van der Waals surface area contributed by atoms with Gasteiger partial charge in [0.15, 0.2) is 0 Å². The zero-order valence-corrected chi connectivity index (χ0v) is 14.5. The van der Waals surface area contributed by atoms with Crippen LogP contribution in [0.2, 0.25) is 5.02 Å². The lowest BCUT2D eigenvalue weighted by molar-refractivity contribution is -0.145. The minimum absolute atomic E-state index is 0.194. The van der Waals surface area contributed by atoms with Crippen LogP contribution in [0.4, 0.5) is 0 Å². The van der Waals surface area contributed by atoms with E-state index in [9.17, 15) is 4.79 Å². The van der Waals surface area contributed by atoms with E-state index < -0.39 is 0 Å². The number of carbonyl (C=O) groups excluding carboxylic acids is 1. The number of nitrogens with zero attached hydrogens (tertiary/aromatic N) is 1. The van der Waals surface area contributed by atoms with Gasteiger partial charge < -0.3 is 9.57 Å². The summed E-state index contributed by atoms with van der Waals surface area (Å²) in [5, 5.41) is 4.35. The number of esters is 1. The Kier molecular flexibility index (Phi) is 11.0. The van der Waals surface area contributed by atoms with E-state index in [1.165, 1.54) is 31.9 Å². The largest absolute Gasteiger partial charge is 0.466 e. The van der Waals surface area contributed by atoms with Crippen LogP contribution >= 0.6 is 11.6 Å². The standard InChI is InChI=1S/C18H25ClNO3/c1-2-3-4-5-6-9-13-22-18(21)12-14-23-20-15-16-10-7-8-11-17(16)19/h8,10-11,15H,2-6,9,12-14H2,1H3/b20-15+. The van der Waals surface area contributed by atoms with E-state index in [-0.39, 0.29) is 19.0 Å². The first-order valence-electron chi connectivity index (χ1n) is 8.20. The Morgan fingerprint density at radius 3 is 2.83 bits per heavy atom.